The average molecular weight is 211 g/mol. The van der Waals surface area contributed by atoms with E-state index in [1.165, 1.54) is 19.3 Å². The van der Waals surface area contributed by atoms with Crippen molar-refractivity contribution in [3.05, 3.63) is 12.5 Å². The first-order chi connectivity index (χ1) is 6.95. The molecule has 0 aromatic heterocycles. The Morgan fingerprint density at radius 3 is 2.47 bits per heavy atom. The van der Waals surface area contributed by atoms with Crippen molar-refractivity contribution in [3.63, 3.8) is 0 Å². The van der Waals surface area contributed by atoms with Crippen LogP contribution in [0.5, 0.6) is 0 Å². The largest absolute Gasteiger partial charge is 0.483 e. The third kappa shape index (κ3) is 3.44. The number of ether oxygens (including phenoxy) is 1. The molecule has 2 heteroatoms. The summed E-state index contributed by atoms with van der Waals surface area (Å²) in [5.74, 6) is 1.65. The third-order valence-electron chi connectivity index (χ3n) is 3.54. The maximum atomic E-state index is 5.20. The molecule has 1 saturated heterocycles. The van der Waals surface area contributed by atoms with Crippen molar-refractivity contribution in [2.75, 3.05) is 20.2 Å². The van der Waals surface area contributed by atoms with E-state index in [1.807, 2.05) is 0 Å². The molecule has 0 amide bonds. The molecule has 0 aliphatic carbocycles. The van der Waals surface area contributed by atoms with Crippen LogP contribution >= 0.6 is 0 Å². The van der Waals surface area contributed by atoms with Crippen LogP contribution < -0.4 is 0 Å². The summed E-state index contributed by atoms with van der Waals surface area (Å²) in [6.45, 7) is 13.2. The van der Waals surface area contributed by atoms with Gasteiger partial charge in [-0.25, -0.2) is 0 Å². The monoisotopic (exact) mass is 211 g/mol. The van der Waals surface area contributed by atoms with E-state index in [-0.39, 0.29) is 0 Å². The highest BCUT2D eigenvalue weighted by atomic mass is 16.5. The van der Waals surface area contributed by atoms with E-state index in [1.54, 1.807) is 7.11 Å². The summed E-state index contributed by atoms with van der Waals surface area (Å²) in [6, 6.07) is 0. The first-order valence-electron chi connectivity index (χ1n) is 5.93. The third-order valence-corrected chi connectivity index (χ3v) is 3.54. The van der Waals surface area contributed by atoms with Crippen LogP contribution in [0.3, 0.4) is 0 Å². The van der Waals surface area contributed by atoms with E-state index < -0.39 is 0 Å². The minimum Gasteiger partial charge on any atom is -0.483 e. The number of hydrogen-bond donors (Lipinski definition) is 0. The van der Waals surface area contributed by atoms with Crippen molar-refractivity contribution in [2.24, 2.45) is 11.3 Å². The molecule has 1 rings (SSSR count). The maximum absolute atomic E-state index is 5.20. The van der Waals surface area contributed by atoms with Crippen LogP contribution in [0.1, 0.15) is 40.0 Å². The second kappa shape index (κ2) is 4.91. The molecule has 2 nitrogen and oxygen atoms in total. The summed E-state index contributed by atoms with van der Waals surface area (Å²) < 4.78 is 5.20. The zero-order valence-electron chi connectivity index (χ0n) is 10.7. The lowest BCUT2D eigenvalue weighted by molar-refractivity contribution is 0.151. The highest BCUT2D eigenvalue weighted by molar-refractivity contribution is 4.87. The smallest absolute Gasteiger partial charge is 0.181 e. The molecule has 0 bridgehead atoms. The predicted molar refractivity (Wildman–Crippen MR) is 64.5 cm³/mol. The molecular weight excluding hydrogens is 186 g/mol. The van der Waals surface area contributed by atoms with Gasteiger partial charge in [0.15, 0.2) is 5.88 Å². The molecule has 1 aliphatic heterocycles. The lowest BCUT2D eigenvalue weighted by atomic mass is 9.77. The van der Waals surface area contributed by atoms with Crippen LogP contribution in [0.15, 0.2) is 12.5 Å². The summed E-state index contributed by atoms with van der Waals surface area (Å²) in [7, 11) is 1.70. The summed E-state index contributed by atoms with van der Waals surface area (Å²) in [5.41, 5.74) is 0.435. The van der Waals surface area contributed by atoms with Gasteiger partial charge in [-0.1, -0.05) is 20.8 Å². The van der Waals surface area contributed by atoms with Crippen LogP contribution in [0.2, 0.25) is 0 Å². The molecule has 1 aliphatic rings. The zero-order chi connectivity index (χ0) is 11.5. The van der Waals surface area contributed by atoms with Gasteiger partial charge in [-0.2, -0.15) is 0 Å². The Labute approximate surface area is 94.3 Å². The van der Waals surface area contributed by atoms with E-state index >= 15 is 0 Å². The standard InChI is InChI=1S/C13H25NO/c1-11(15-5)14-9-6-7-12(8-10-14)13(2,3)4/h12H,1,6-10H2,2-5H3. The molecule has 0 aromatic carbocycles. The number of nitrogens with zero attached hydrogens (tertiary/aromatic N) is 1. The van der Waals surface area contributed by atoms with Gasteiger partial charge in [-0.3, -0.25) is 0 Å². The Kier molecular flexibility index (Phi) is 4.06. The fraction of sp³-hybridized carbons (Fsp3) is 0.846. The first kappa shape index (κ1) is 12.4. The molecule has 0 radical (unpaired) electrons. The minimum absolute atomic E-state index is 0.435. The van der Waals surface area contributed by atoms with Gasteiger partial charge >= 0.3 is 0 Å². The van der Waals surface area contributed by atoms with Crippen molar-refractivity contribution in [2.45, 2.75) is 40.0 Å². The lowest BCUT2D eigenvalue weighted by Gasteiger charge is -2.30. The van der Waals surface area contributed by atoms with Gasteiger partial charge in [0.05, 0.1) is 7.11 Å². The van der Waals surface area contributed by atoms with Crippen LogP contribution in [0, 0.1) is 11.3 Å². The Balaban J connectivity index is 2.52. The van der Waals surface area contributed by atoms with Crippen LogP contribution in [-0.2, 0) is 4.74 Å². The Morgan fingerprint density at radius 1 is 1.27 bits per heavy atom. The zero-order valence-corrected chi connectivity index (χ0v) is 10.7. The van der Waals surface area contributed by atoms with Gasteiger partial charge < -0.3 is 9.64 Å². The highest BCUT2D eigenvalue weighted by Gasteiger charge is 2.27. The van der Waals surface area contributed by atoms with Gasteiger partial charge in [0.2, 0.25) is 0 Å². The van der Waals surface area contributed by atoms with Crippen molar-refractivity contribution in [3.8, 4) is 0 Å². The molecule has 0 aromatic rings. The van der Waals surface area contributed by atoms with Crippen LogP contribution in [0.4, 0.5) is 0 Å². The SMILES string of the molecule is C=C(OC)N1CCCC(C(C)(C)C)CC1. The van der Waals surface area contributed by atoms with Gasteiger partial charge in [0.25, 0.3) is 0 Å². The fourth-order valence-corrected chi connectivity index (χ4v) is 2.34. The fourth-order valence-electron chi connectivity index (χ4n) is 2.34. The molecule has 88 valence electrons. The van der Waals surface area contributed by atoms with Gasteiger partial charge in [0, 0.05) is 13.1 Å². The van der Waals surface area contributed by atoms with Crippen LogP contribution in [-0.4, -0.2) is 25.1 Å². The van der Waals surface area contributed by atoms with Gasteiger partial charge in [-0.15, -0.1) is 0 Å². The number of hydrogen-bond acceptors (Lipinski definition) is 2. The van der Waals surface area contributed by atoms with E-state index in [0.717, 1.165) is 24.9 Å². The molecule has 0 spiro atoms. The summed E-state index contributed by atoms with van der Waals surface area (Å²) in [6.07, 6.45) is 3.84. The number of methoxy groups -OCH3 is 1. The molecule has 0 saturated carbocycles. The van der Waals surface area contributed by atoms with Crippen molar-refractivity contribution >= 4 is 0 Å². The summed E-state index contributed by atoms with van der Waals surface area (Å²) in [4.78, 5) is 2.27. The second-order valence-corrected chi connectivity index (χ2v) is 5.58. The average Bonchev–Trinajstić information content (AvgIpc) is 2.40. The van der Waals surface area contributed by atoms with Crippen LogP contribution in [0.25, 0.3) is 0 Å². The van der Waals surface area contributed by atoms with Crippen molar-refractivity contribution in [1.29, 1.82) is 0 Å². The molecule has 1 fully saturated rings. The van der Waals surface area contributed by atoms with E-state index in [0.29, 0.717) is 5.41 Å². The van der Waals surface area contributed by atoms with Gasteiger partial charge in [-0.05, 0) is 37.2 Å². The topological polar surface area (TPSA) is 12.5 Å². The Bertz CT molecular complexity index is 217. The second-order valence-electron chi connectivity index (χ2n) is 5.58. The molecule has 0 N–H and O–H groups in total. The van der Waals surface area contributed by atoms with Crippen molar-refractivity contribution in [1.82, 2.24) is 4.90 Å². The highest BCUT2D eigenvalue weighted by Crippen LogP contribution is 2.34. The van der Waals surface area contributed by atoms with E-state index in [2.05, 4.69) is 32.3 Å². The summed E-state index contributed by atoms with van der Waals surface area (Å²) >= 11 is 0. The predicted octanol–water partition coefficient (Wildman–Crippen LogP) is 3.25. The lowest BCUT2D eigenvalue weighted by Crippen LogP contribution is -2.26. The van der Waals surface area contributed by atoms with E-state index in [4.69, 9.17) is 4.74 Å². The minimum atomic E-state index is 0.435. The quantitative estimate of drug-likeness (QED) is 0.650. The maximum Gasteiger partial charge on any atom is 0.181 e. The first-order valence-corrected chi connectivity index (χ1v) is 5.93. The molecule has 15 heavy (non-hydrogen) atoms. The molecule has 1 atom stereocenters. The Hall–Kier alpha value is -0.660. The molecule has 1 unspecified atom stereocenters. The number of rotatable bonds is 2. The summed E-state index contributed by atoms with van der Waals surface area (Å²) in [5, 5.41) is 0. The normalized spacial score (nSPS) is 23.5. The molecular formula is C13H25NO. The number of likely N-dealkylation sites (tertiary alicyclic amines) is 1. The Morgan fingerprint density at radius 2 is 1.93 bits per heavy atom. The van der Waals surface area contributed by atoms with Gasteiger partial charge in [0.1, 0.15) is 0 Å². The molecule has 1 heterocycles. The van der Waals surface area contributed by atoms with Crippen molar-refractivity contribution < 1.29 is 4.74 Å². The van der Waals surface area contributed by atoms with E-state index in [9.17, 15) is 0 Å².